The fourth-order valence-corrected chi connectivity index (χ4v) is 4.02. The van der Waals surface area contributed by atoms with Crippen molar-refractivity contribution in [1.82, 2.24) is 15.4 Å². The lowest BCUT2D eigenvalue weighted by Gasteiger charge is -2.07. The lowest BCUT2D eigenvalue weighted by Crippen LogP contribution is -2.24. The second-order valence-corrected chi connectivity index (χ2v) is 8.14. The lowest BCUT2D eigenvalue weighted by molar-refractivity contribution is -0.120. The summed E-state index contributed by atoms with van der Waals surface area (Å²) in [5.41, 5.74) is 4.96. The van der Waals surface area contributed by atoms with E-state index < -0.39 is 0 Å². The lowest BCUT2D eigenvalue weighted by atomic mass is 10.1. The van der Waals surface area contributed by atoms with Crippen molar-refractivity contribution in [3.05, 3.63) is 61.5 Å². The molecule has 3 rings (SSSR count). The number of nitrogens with zero attached hydrogens (tertiary/aromatic N) is 2. The topological polar surface area (TPSA) is 87.2 Å². The first-order chi connectivity index (χ1) is 13.4. The number of aromatic nitrogens is 2. The van der Waals surface area contributed by atoms with Gasteiger partial charge in [0.25, 0.3) is 5.56 Å². The Balaban J connectivity index is 1.77. The van der Waals surface area contributed by atoms with E-state index >= 15 is 0 Å². The predicted octanol–water partition coefficient (Wildman–Crippen LogP) is 4.12. The minimum atomic E-state index is -0.338. The number of amides is 1. The summed E-state index contributed by atoms with van der Waals surface area (Å²) in [6.07, 6.45) is 1.56. The van der Waals surface area contributed by atoms with Crippen LogP contribution < -0.4 is 11.0 Å². The number of hydrogen-bond acceptors (Lipinski definition) is 5. The highest BCUT2D eigenvalue weighted by molar-refractivity contribution is 7.18. The number of aromatic amines is 1. The van der Waals surface area contributed by atoms with Crippen LogP contribution in [0.15, 0.2) is 34.2 Å². The minimum absolute atomic E-state index is 0.0509. The van der Waals surface area contributed by atoms with E-state index in [9.17, 15) is 9.59 Å². The van der Waals surface area contributed by atoms with E-state index in [1.165, 1.54) is 11.3 Å². The highest BCUT2D eigenvalue weighted by Crippen LogP contribution is 2.25. The van der Waals surface area contributed by atoms with Gasteiger partial charge < -0.3 is 4.98 Å². The van der Waals surface area contributed by atoms with Gasteiger partial charge in [-0.1, -0.05) is 37.1 Å². The predicted molar refractivity (Wildman–Crippen MR) is 114 cm³/mol. The quantitative estimate of drug-likeness (QED) is 0.468. The zero-order chi connectivity index (χ0) is 20.3. The van der Waals surface area contributed by atoms with Crippen LogP contribution in [0.2, 0.25) is 5.02 Å². The van der Waals surface area contributed by atoms with Crippen LogP contribution in [-0.2, 0) is 11.2 Å². The van der Waals surface area contributed by atoms with Crippen LogP contribution in [0.25, 0.3) is 10.2 Å². The molecular formula is C20H21ClN4O2S. The SMILES string of the molecule is CCC/C(=N/NC(=O)Cc1nc2sc(C)c(C)c2c(=O)[nH]1)c1ccc(Cl)cc1. The first kappa shape index (κ1) is 20.2. The number of hydrogen-bond donors (Lipinski definition) is 2. The summed E-state index contributed by atoms with van der Waals surface area (Å²) in [5, 5.41) is 5.51. The highest BCUT2D eigenvalue weighted by Gasteiger charge is 2.14. The van der Waals surface area contributed by atoms with Gasteiger partial charge in [0.15, 0.2) is 0 Å². The molecule has 1 amide bonds. The molecule has 3 aromatic rings. The summed E-state index contributed by atoms with van der Waals surface area (Å²) >= 11 is 7.39. The molecule has 28 heavy (non-hydrogen) atoms. The zero-order valence-corrected chi connectivity index (χ0v) is 17.5. The van der Waals surface area contributed by atoms with Gasteiger partial charge in [-0.25, -0.2) is 10.4 Å². The van der Waals surface area contributed by atoms with E-state index in [1.807, 2.05) is 32.9 Å². The Morgan fingerprint density at radius 2 is 2.00 bits per heavy atom. The van der Waals surface area contributed by atoms with Crippen molar-refractivity contribution >= 4 is 44.8 Å². The second-order valence-electron chi connectivity index (χ2n) is 6.50. The number of H-pyrrole nitrogens is 1. The number of carbonyl (C=O) groups excluding carboxylic acids is 1. The Labute approximate surface area is 171 Å². The standard InChI is InChI=1S/C20H21ClN4O2S/c1-4-5-15(13-6-8-14(21)9-7-13)24-25-17(26)10-16-22-19(27)18-11(2)12(3)28-20(18)23-16/h6-9H,4-5,10H2,1-3H3,(H,25,26)(H,22,23,27)/b24-15-. The third-order valence-electron chi connectivity index (χ3n) is 4.40. The van der Waals surface area contributed by atoms with E-state index in [1.54, 1.807) is 12.1 Å². The fourth-order valence-electron chi connectivity index (χ4n) is 2.85. The number of fused-ring (bicyclic) bond motifs is 1. The zero-order valence-electron chi connectivity index (χ0n) is 15.9. The number of aryl methyl sites for hydroxylation is 2. The maximum Gasteiger partial charge on any atom is 0.259 e. The Kier molecular flexibility index (Phi) is 6.26. The van der Waals surface area contributed by atoms with Gasteiger partial charge in [-0.05, 0) is 43.5 Å². The molecule has 0 aliphatic carbocycles. The van der Waals surface area contributed by atoms with Gasteiger partial charge in [0.2, 0.25) is 5.91 Å². The number of carbonyl (C=O) groups is 1. The molecule has 0 saturated heterocycles. The number of nitrogens with one attached hydrogen (secondary N) is 2. The average molecular weight is 417 g/mol. The Morgan fingerprint density at radius 3 is 2.68 bits per heavy atom. The third kappa shape index (κ3) is 4.48. The van der Waals surface area contributed by atoms with E-state index in [2.05, 4.69) is 20.5 Å². The van der Waals surface area contributed by atoms with Gasteiger partial charge in [0.05, 0.1) is 17.5 Å². The van der Waals surface area contributed by atoms with E-state index in [0.29, 0.717) is 21.1 Å². The van der Waals surface area contributed by atoms with Crippen molar-refractivity contribution < 1.29 is 4.79 Å². The van der Waals surface area contributed by atoms with Crippen molar-refractivity contribution in [2.45, 2.75) is 40.0 Å². The maximum absolute atomic E-state index is 12.3. The van der Waals surface area contributed by atoms with Crippen LogP contribution in [0.4, 0.5) is 0 Å². The number of benzene rings is 1. The van der Waals surface area contributed by atoms with Crippen LogP contribution in [0, 0.1) is 13.8 Å². The van der Waals surface area contributed by atoms with Gasteiger partial charge in [-0.3, -0.25) is 9.59 Å². The van der Waals surface area contributed by atoms with Crippen molar-refractivity contribution in [2.75, 3.05) is 0 Å². The van der Waals surface area contributed by atoms with Crippen LogP contribution in [-0.4, -0.2) is 21.6 Å². The van der Waals surface area contributed by atoms with Crippen molar-refractivity contribution in [2.24, 2.45) is 5.10 Å². The summed E-state index contributed by atoms with van der Waals surface area (Å²) in [6.45, 7) is 5.90. The molecular weight excluding hydrogens is 396 g/mol. The van der Waals surface area contributed by atoms with Gasteiger partial charge in [0.1, 0.15) is 10.7 Å². The monoisotopic (exact) mass is 416 g/mol. The van der Waals surface area contributed by atoms with E-state index in [4.69, 9.17) is 11.6 Å². The molecule has 2 aromatic heterocycles. The smallest absolute Gasteiger partial charge is 0.259 e. The number of halogens is 1. The summed E-state index contributed by atoms with van der Waals surface area (Å²) in [7, 11) is 0. The van der Waals surface area contributed by atoms with Crippen LogP contribution in [0.1, 0.15) is 41.6 Å². The summed E-state index contributed by atoms with van der Waals surface area (Å²) in [4.78, 5) is 33.5. The molecule has 2 N–H and O–H groups in total. The van der Waals surface area contributed by atoms with Crippen molar-refractivity contribution in [3.63, 3.8) is 0 Å². The minimum Gasteiger partial charge on any atom is -0.309 e. The third-order valence-corrected chi connectivity index (χ3v) is 5.75. The molecule has 0 aliphatic rings. The Hall–Kier alpha value is -2.51. The molecule has 0 atom stereocenters. The maximum atomic E-state index is 12.3. The van der Waals surface area contributed by atoms with E-state index in [0.717, 1.165) is 34.6 Å². The molecule has 0 fully saturated rings. The van der Waals surface area contributed by atoms with Crippen LogP contribution in [0.3, 0.4) is 0 Å². The summed E-state index contributed by atoms with van der Waals surface area (Å²) < 4.78 is 0. The van der Waals surface area contributed by atoms with Crippen LogP contribution >= 0.6 is 22.9 Å². The average Bonchev–Trinajstić information content (AvgIpc) is 2.93. The summed E-state index contributed by atoms with van der Waals surface area (Å²) in [6, 6.07) is 7.33. The highest BCUT2D eigenvalue weighted by atomic mass is 35.5. The molecule has 1 aromatic carbocycles. The molecule has 2 heterocycles. The first-order valence-electron chi connectivity index (χ1n) is 8.99. The molecule has 0 unspecified atom stereocenters. The number of thiophene rings is 1. The van der Waals surface area contributed by atoms with Crippen molar-refractivity contribution in [3.8, 4) is 0 Å². The molecule has 146 valence electrons. The normalized spacial score (nSPS) is 11.8. The molecule has 8 heteroatoms. The van der Waals surface area contributed by atoms with Gasteiger partial charge in [-0.15, -0.1) is 11.3 Å². The molecule has 0 spiro atoms. The molecule has 0 bridgehead atoms. The largest absolute Gasteiger partial charge is 0.309 e. The summed E-state index contributed by atoms with van der Waals surface area (Å²) in [5.74, 6) is -0.00921. The van der Waals surface area contributed by atoms with E-state index in [-0.39, 0.29) is 17.9 Å². The molecule has 0 radical (unpaired) electrons. The Bertz CT molecular complexity index is 1100. The van der Waals surface area contributed by atoms with Crippen molar-refractivity contribution in [1.29, 1.82) is 0 Å². The second kappa shape index (κ2) is 8.67. The molecule has 0 aliphatic heterocycles. The van der Waals surface area contributed by atoms with Gasteiger partial charge >= 0.3 is 0 Å². The number of rotatable bonds is 6. The molecule has 0 saturated carbocycles. The molecule has 6 nitrogen and oxygen atoms in total. The Morgan fingerprint density at radius 1 is 1.29 bits per heavy atom. The van der Waals surface area contributed by atoms with Gasteiger partial charge in [-0.2, -0.15) is 5.10 Å². The fraction of sp³-hybridized carbons (Fsp3) is 0.300. The number of hydrazone groups is 1. The van der Waals surface area contributed by atoms with Crippen LogP contribution in [0.5, 0.6) is 0 Å². The first-order valence-corrected chi connectivity index (χ1v) is 10.2. The van der Waals surface area contributed by atoms with Gasteiger partial charge in [0, 0.05) is 9.90 Å².